The molecular weight excluding hydrogens is 310 g/mol. The minimum atomic E-state index is -0.590. The van der Waals surface area contributed by atoms with E-state index in [4.69, 9.17) is 14.2 Å². The van der Waals surface area contributed by atoms with Crippen molar-refractivity contribution >= 4 is 22.6 Å². The Balaban J connectivity index is 1.71. The first kappa shape index (κ1) is 14.4. The third kappa shape index (κ3) is 2.13. The maximum atomic E-state index is 12.3. The van der Waals surface area contributed by atoms with E-state index in [2.05, 4.69) is 15.5 Å². The van der Waals surface area contributed by atoms with Crippen LogP contribution in [0.1, 0.15) is 22.1 Å². The Labute approximate surface area is 137 Å². The lowest BCUT2D eigenvalue weighted by molar-refractivity contribution is 0.0435. The molecule has 0 saturated carbocycles. The summed E-state index contributed by atoms with van der Waals surface area (Å²) in [5.74, 6) is 0.432. The quantitative estimate of drug-likeness (QED) is 0.718. The highest BCUT2D eigenvalue weighted by molar-refractivity contribution is 5.98. The van der Waals surface area contributed by atoms with Crippen molar-refractivity contribution in [1.82, 2.24) is 10.2 Å². The normalized spacial score (nSPS) is 15.9. The number of cyclic esters (lactones) is 1. The molecule has 1 atom stereocenters. The van der Waals surface area contributed by atoms with Crippen LogP contribution in [0.25, 0.3) is 10.9 Å². The Morgan fingerprint density at radius 3 is 2.88 bits per heavy atom. The number of carbonyl (C=O) groups excluding carboxylic acids is 1. The van der Waals surface area contributed by atoms with Crippen molar-refractivity contribution in [2.24, 2.45) is 0 Å². The van der Waals surface area contributed by atoms with Crippen molar-refractivity contribution in [3.8, 4) is 11.5 Å². The number of ether oxygens (including phenoxy) is 3. The van der Waals surface area contributed by atoms with Crippen LogP contribution in [0, 0.1) is 0 Å². The summed E-state index contributed by atoms with van der Waals surface area (Å²) in [7, 11) is 3.03. The smallest absolute Gasteiger partial charge is 0.344 e. The van der Waals surface area contributed by atoms with Gasteiger partial charge in [-0.25, -0.2) is 4.79 Å². The summed E-state index contributed by atoms with van der Waals surface area (Å²) in [5.41, 5.74) is 2.81. The number of hydrogen-bond acceptors (Lipinski definition) is 6. The molecule has 1 aromatic heterocycles. The van der Waals surface area contributed by atoms with Crippen molar-refractivity contribution in [3.63, 3.8) is 0 Å². The molecule has 0 saturated heterocycles. The molecule has 2 heterocycles. The Hall–Kier alpha value is -3.22. The van der Waals surface area contributed by atoms with Crippen LogP contribution < -0.4 is 14.8 Å². The number of methoxy groups -OCH3 is 2. The Morgan fingerprint density at radius 1 is 1.21 bits per heavy atom. The molecule has 0 unspecified atom stereocenters. The van der Waals surface area contributed by atoms with Crippen LogP contribution in [0.15, 0.2) is 36.5 Å². The third-order valence-corrected chi connectivity index (χ3v) is 4.03. The molecule has 4 rings (SSSR count). The van der Waals surface area contributed by atoms with Gasteiger partial charge in [0.05, 0.1) is 25.9 Å². The van der Waals surface area contributed by atoms with Crippen molar-refractivity contribution in [2.45, 2.75) is 6.23 Å². The van der Waals surface area contributed by atoms with Gasteiger partial charge in [-0.1, -0.05) is 0 Å². The molecule has 7 nitrogen and oxygen atoms in total. The van der Waals surface area contributed by atoms with Crippen molar-refractivity contribution in [3.05, 3.63) is 47.7 Å². The van der Waals surface area contributed by atoms with Crippen LogP contribution in [-0.4, -0.2) is 30.4 Å². The molecule has 0 radical (unpaired) electrons. The highest BCUT2D eigenvalue weighted by Gasteiger charge is 2.35. The number of hydrogen-bond donors (Lipinski definition) is 2. The molecular formula is C17H15N3O4. The monoisotopic (exact) mass is 325 g/mol. The molecule has 24 heavy (non-hydrogen) atoms. The van der Waals surface area contributed by atoms with Crippen LogP contribution in [0.3, 0.4) is 0 Å². The minimum absolute atomic E-state index is 0.383. The molecule has 7 heteroatoms. The first-order valence-corrected chi connectivity index (χ1v) is 7.37. The summed E-state index contributed by atoms with van der Waals surface area (Å²) in [4.78, 5) is 12.3. The minimum Gasteiger partial charge on any atom is -0.493 e. The molecule has 0 aliphatic carbocycles. The Kier molecular flexibility index (Phi) is 3.26. The van der Waals surface area contributed by atoms with Gasteiger partial charge in [0, 0.05) is 16.6 Å². The fourth-order valence-electron chi connectivity index (χ4n) is 2.89. The van der Waals surface area contributed by atoms with Crippen LogP contribution in [0.5, 0.6) is 11.5 Å². The second-order valence-corrected chi connectivity index (χ2v) is 5.37. The van der Waals surface area contributed by atoms with Crippen molar-refractivity contribution in [2.75, 3.05) is 19.5 Å². The van der Waals surface area contributed by atoms with E-state index in [1.54, 1.807) is 18.3 Å². The zero-order valence-corrected chi connectivity index (χ0v) is 13.1. The molecule has 1 aliphatic heterocycles. The maximum Gasteiger partial charge on any atom is 0.344 e. The van der Waals surface area contributed by atoms with Gasteiger partial charge in [0.25, 0.3) is 0 Å². The van der Waals surface area contributed by atoms with E-state index in [0.29, 0.717) is 22.6 Å². The predicted molar refractivity (Wildman–Crippen MR) is 87.4 cm³/mol. The van der Waals surface area contributed by atoms with Gasteiger partial charge >= 0.3 is 5.97 Å². The zero-order valence-electron chi connectivity index (χ0n) is 13.1. The zero-order chi connectivity index (χ0) is 16.7. The largest absolute Gasteiger partial charge is 0.493 e. The average Bonchev–Trinajstić information content (AvgIpc) is 3.18. The summed E-state index contributed by atoms with van der Waals surface area (Å²) in [6, 6.07) is 9.31. The maximum absolute atomic E-state index is 12.3. The van der Waals surface area contributed by atoms with Crippen LogP contribution in [0.2, 0.25) is 0 Å². The SMILES string of the molecule is COc1ccc2c(c1OC)C(=O)O[C@@H]2Nc1ccc2cn[nH]c2c1. The van der Waals surface area contributed by atoms with Gasteiger partial charge in [-0.05, 0) is 30.3 Å². The molecule has 0 bridgehead atoms. The highest BCUT2D eigenvalue weighted by atomic mass is 16.6. The number of anilines is 1. The predicted octanol–water partition coefficient (Wildman–Crippen LogP) is 2.86. The Bertz CT molecular complexity index is 935. The molecule has 0 fully saturated rings. The van der Waals surface area contributed by atoms with Gasteiger partial charge in [-0.2, -0.15) is 5.10 Å². The second-order valence-electron chi connectivity index (χ2n) is 5.37. The number of benzene rings is 2. The van der Waals surface area contributed by atoms with Crippen LogP contribution >= 0.6 is 0 Å². The lowest BCUT2D eigenvalue weighted by Gasteiger charge is -2.15. The molecule has 3 aromatic rings. The lowest BCUT2D eigenvalue weighted by Crippen LogP contribution is -2.10. The third-order valence-electron chi connectivity index (χ3n) is 4.03. The summed E-state index contributed by atoms with van der Waals surface area (Å²) in [5, 5.41) is 11.1. The molecule has 2 N–H and O–H groups in total. The number of esters is 1. The Morgan fingerprint density at radius 2 is 2.08 bits per heavy atom. The first-order valence-electron chi connectivity index (χ1n) is 7.37. The van der Waals surface area contributed by atoms with Crippen molar-refractivity contribution < 1.29 is 19.0 Å². The number of H-pyrrole nitrogens is 1. The van der Waals surface area contributed by atoms with Crippen molar-refractivity contribution in [1.29, 1.82) is 0 Å². The van der Waals surface area contributed by atoms with E-state index in [9.17, 15) is 4.79 Å². The number of rotatable bonds is 4. The standard InChI is InChI=1S/C17H15N3O4/c1-22-13-6-5-11-14(15(13)23-2)17(21)24-16(11)19-10-4-3-9-8-18-20-12(9)7-10/h3-8,16,19H,1-2H3,(H,18,20)/t16-/m0/s1. The number of nitrogens with zero attached hydrogens (tertiary/aromatic N) is 1. The van der Waals surface area contributed by atoms with E-state index in [-0.39, 0.29) is 0 Å². The summed E-state index contributed by atoms with van der Waals surface area (Å²) in [6.07, 6.45) is 1.16. The van der Waals surface area contributed by atoms with Crippen LogP contribution in [-0.2, 0) is 4.74 Å². The molecule has 0 spiro atoms. The van der Waals surface area contributed by atoms with Gasteiger partial charge in [-0.3, -0.25) is 5.10 Å². The van der Waals surface area contributed by atoms with Crippen LogP contribution in [0.4, 0.5) is 5.69 Å². The van der Waals surface area contributed by atoms with E-state index in [1.165, 1.54) is 14.2 Å². The lowest BCUT2D eigenvalue weighted by atomic mass is 10.1. The van der Waals surface area contributed by atoms with Gasteiger partial charge in [0.2, 0.25) is 6.23 Å². The second kappa shape index (κ2) is 5.45. The first-order chi connectivity index (χ1) is 11.7. The number of aromatic nitrogens is 2. The molecule has 1 aliphatic rings. The fraction of sp³-hybridized carbons (Fsp3) is 0.176. The van der Waals surface area contributed by atoms with E-state index in [0.717, 1.165) is 16.6 Å². The van der Waals surface area contributed by atoms with E-state index >= 15 is 0 Å². The summed E-state index contributed by atoms with van der Waals surface area (Å²) in [6.45, 7) is 0. The van der Waals surface area contributed by atoms with Gasteiger partial charge in [0.1, 0.15) is 5.56 Å². The number of carbonyl (C=O) groups is 1. The number of fused-ring (bicyclic) bond motifs is 2. The highest BCUT2D eigenvalue weighted by Crippen LogP contribution is 2.42. The van der Waals surface area contributed by atoms with Gasteiger partial charge in [0.15, 0.2) is 11.5 Å². The number of nitrogens with one attached hydrogen (secondary N) is 2. The molecule has 122 valence electrons. The summed E-state index contributed by atoms with van der Waals surface area (Å²) < 4.78 is 16.0. The molecule has 0 amide bonds. The van der Waals surface area contributed by atoms with E-state index < -0.39 is 12.2 Å². The number of aromatic amines is 1. The fourth-order valence-corrected chi connectivity index (χ4v) is 2.89. The average molecular weight is 325 g/mol. The topological polar surface area (TPSA) is 85.5 Å². The summed E-state index contributed by atoms with van der Waals surface area (Å²) >= 11 is 0. The van der Waals surface area contributed by atoms with Gasteiger partial charge in [-0.15, -0.1) is 0 Å². The van der Waals surface area contributed by atoms with E-state index in [1.807, 2.05) is 18.2 Å². The van der Waals surface area contributed by atoms with Gasteiger partial charge < -0.3 is 19.5 Å². The molecule has 2 aromatic carbocycles.